The van der Waals surface area contributed by atoms with Crippen LogP contribution in [0.15, 0.2) is 49.0 Å². The van der Waals surface area contributed by atoms with Gasteiger partial charge in [0.25, 0.3) is 0 Å². The number of piperazine rings is 1. The number of likely N-dealkylation sites (tertiary alicyclic amines) is 1. The topological polar surface area (TPSA) is 30.0 Å². The predicted octanol–water partition coefficient (Wildman–Crippen LogP) is 5.13. The van der Waals surface area contributed by atoms with E-state index in [4.69, 9.17) is 11.6 Å². The lowest BCUT2D eigenvalue weighted by Gasteiger charge is -2.37. The van der Waals surface area contributed by atoms with Crippen LogP contribution in [0.4, 0.5) is 0 Å². The van der Waals surface area contributed by atoms with E-state index in [1.165, 1.54) is 50.1 Å². The number of benzene rings is 2. The van der Waals surface area contributed by atoms with Crippen LogP contribution < -0.4 is 0 Å². The van der Waals surface area contributed by atoms with Crippen LogP contribution >= 0.6 is 11.6 Å². The van der Waals surface area contributed by atoms with Crippen molar-refractivity contribution in [2.75, 3.05) is 32.7 Å². The SMILES string of the molecule is C=C(c1cc(Cl)ccc1O)N1CCCC1c1ccc(CN2CCN3CCCC3C2)cc1. The first-order valence-corrected chi connectivity index (χ1v) is 12.0. The minimum absolute atomic E-state index is 0.234. The summed E-state index contributed by atoms with van der Waals surface area (Å²) < 4.78 is 0. The first-order valence-electron chi connectivity index (χ1n) is 11.6. The van der Waals surface area contributed by atoms with E-state index in [9.17, 15) is 5.11 Å². The molecule has 0 saturated carbocycles. The van der Waals surface area contributed by atoms with Gasteiger partial charge in [0.15, 0.2) is 0 Å². The first-order chi connectivity index (χ1) is 15.1. The Morgan fingerprint density at radius 1 is 1.00 bits per heavy atom. The highest BCUT2D eigenvalue weighted by atomic mass is 35.5. The summed E-state index contributed by atoms with van der Waals surface area (Å²) in [4.78, 5) is 7.60. The number of nitrogens with zero attached hydrogens (tertiary/aromatic N) is 3. The van der Waals surface area contributed by atoms with Crippen LogP contribution in [0, 0.1) is 0 Å². The number of halogens is 1. The van der Waals surface area contributed by atoms with E-state index in [-0.39, 0.29) is 5.75 Å². The molecule has 4 nitrogen and oxygen atoms in total. The molecule has 2 aromatic carbocycles. The van der Waals surface area contributed by atoms with Crippen molar-refractivity contribution in [3.05, 3.63) is 70.8 Å². The van der Waals surface area contributed by atoms with Gasteiger partial charge in [0.2, 0.25) is 0 Å². The highest BCUT2D eigenvalue weighted by molar-refractivity contribution is 6.30. The number of phenolic OH excluding ortho intramolecular Hbond substituents is 1. The molecule has 3 fully saturated rings. The summed E-state index contributed by atoms with van der Waals surface area (Å²) in [6.45, 7) is 11.2. The molecule has 2 aromatic rings. The fourth-order valence-corrected chi connectivity index (χ4v) is 5.81. The molecule has 0 aromatic heterocycles. The lowest BCUT2D eigenvalue weighted by Crippen LogP contribution is -2.49. The number of hydrogen-bond acceptors (Lipinski definition) is 4. The van der Waals surface area contributed by atoms with Crippen molar-refractivity contribution in [2.24, 2.45) is 0 Å². The maximum Gasteiger partial charge on any atom is 0.124 e. The van der Waals surface area contributed by atoms with Crippen molar-refractivity contribution >= 4 is 17.3 Å². The second-order valence-electron chi connectivity index (χ2n) is 9.27. The van der Waals surface area contributed by atoms with E-state index >= 15 is 0 Å². The third kappa shape index (κ3) is 4.34. The molecule has 1 N–H and O–H groups in total. The van der Waals surface area contributed by atoms with Crippen molar-refractivity contribution in [1.29, 1.82) is 0 Å². The molecular weight excluding hydrogens is 406 g/mol. The van der Waals surface area contributed by atoms with Gasteiger partial charge in [-0.2, -0.15) is 0 Å². The normalized spacial score (nSPS) is 24.5. The van der Waals surface area contributed by atoms with Gasteiger partial charge in [-0.3, -0.25) is 9.80 Å². The monoisotopic (exact) mass is 437 g/mol. The van der Waals surface area contributed by atoms with Gasteiger partial charge in [0.1, 0.15) is 5.75 Å². The Morgan fingerprint density at radius 3 is 2.65 bits per heavy atom. The Labute approximate surface area is 190 Å². The van der Waals surface area contributed by atoms with Gasteiger partial charge in [-0.15, -0.1) is 0 Å². The van der Waals surface area contributed by atoms with E-state index in [1.807, 2.05) is 6.07 Å². The molecule has 0 aliphatic carbocycles. The van der Waals surface area contributed by atoms with Crippen LogP contribution in [0.2, 0.25) is 5.02 Å². The lowest BCUT2D eigenvalue weighted by atomic mass is 10.0. The van der Waals surface area contributed by atoms with Gasteiger partial charge < -0.3 is 10.0 Å². The quantitative estimate of drug-likeness (QED) is 0.702. The zero-order valence-corrected chi connectivity index (χ0v) is 18.9. The van der Waals surface area contributed by atoms with Crippen molar-refractivity contribution < 1.29 is 5.11 Å². The molecule has 31 heavy (non-hydrogen) atoms. The van der Waals surface area contributed by atoms with Crippen molar-refractivity contribution in [2.45, 2.75) is 44.3 Å². The van der Waals surface area contributed by atoms with Gasteiger partial charge in [-0.1, -0.05) is 42.4 Å². The number of rotatable bonds is 5. The Morgan fingerprint density at radius 2 is 1.81 bits per heavy atom. The highest BCUT2D eigenvalue weighted by Gasteiger charge is 2.31. The molecule has 3 heterocycles. The molecular formula is C26H32ClN3O. The summed E-state index contributed by atoms with van der Waals surface area (Å²) in [6.07, 6.45) is 4.95. The van der Waals surface area contributed by atoms with Crippen LogP contribution in [-0.2, 0) is 6.54 Å². The van der Waals surface area contributed by atoms with Crippen molar-refractivity contribution in [3.8, 4) is 5.75 Å². The molecule has 2 unspecified atom stereocenters. The number of fused-ring (bicyclic) bond motifs is 1. The molecule has 0 radical (unpaired) electrons. The standard InChI is InChI=1S/C26H32ClN3O/c1-19(24-16-22(27)10-11-26(24)31)30-13-3-5-25(30)21-8-6-20(7-9-21)17-28-14-15-29-12-2-4-23(29)18-28/h6-11,16,23,25,31H,1-5,12-15,17-18H2. The Hall–Kier alpha value is -2.01. The van der Waals surface area contributed by atoms with Crippen LogP contribution in [0.25, 0.3) is 5.70 Å². The number of aromatic hydroxyl groups is 1. The summed E-state index contributed by atoms with van der Waals surface area (Å²) in [5, 5.41) is 10.9. The fraction of sp³-hybridized carbons (Fsp3) is 0.462. The van der Waals surface area contributed by atoms with Gasteiger partial charge in [-0.25, -0.2) is 0 Å². The van der Waals surface area contributed by atoms with Crippen molar-refractivity contribution in [3.63, 3.8) is 0 Å². The summed E-state index contributed by atoms with van der Waals surface area (Å²) in [6, 6.07) is 15.4. The molecule has 3 aliphatic rings. The molecule has 5 heteroatoms. The minimum Gasteiger partial charge on any atom is -0.507 e. The summed E-state index contributed by atoms with van der Waals surface area (Å²) in [5.41, 5.74) is 4.29. The lowest BCUT2D eigenvalue weighted by molar-refractivity contribution is 0.0994. The summed E-state index contributed by atoms with van der Waals surface area (Å²) in [5.74, 6) is 0.234. The van der Waals surface area contributed by atoms with Crippen LogP contribution in [0.1, 0.15) is 48.4 Å². The van der Waals surface area contributed by atoms with Gasteiger partial charge in [-0.05, 0) is 61.6 Å². The van der Waals surface area contributed by atoms with E-state index in [1.54, 1.807) is 12.1 Å². The fourth-order valence-electron chi connectivity index (χ4n) is 5.63. The number of phenols is 1. The average Bonchev–Trinajstić information content (AvgIpc) is 3.45. The van der Waals surface area contributed by atoms with E-state index < -0.39 is 0 Å². The Balaban J connectivity index is 1.26. The summed E-state index contributed by atoms with van der Waals surface area (Å²) >= 11 is 6.17. The second-order valence-corrected chi connectivity index (χ2v) is 9.70. The average molecular weight is 438 g/mol. The maximum atomic E-state index is 10.3. The van der Waals surface area contributed by atoms with Gasteiger partial charge >= 0.3 is 0 Å². The van der Waals surface area contributed by atoms with Crippen molar-refractivity contribution in [1.82, 2.24) is 14.7 Å². The highest BCUT2D eigenvalue weighted by Crippen LogP contribution is 2.40. The smallest absolute Gasteiger partial charge is 0.124 e. The first kappa shape index (κ1) is 20.9. The third-order valence-corrected chi connectivity index (χ3v) is 7.55. The molecule has 164 valence electrons. The van der Waals surface area contributed by atoms with E-state index in [2.05, 4.69) is 45.5 Å². The Kier molecular flexibility index (Phi) is 5.96. The maximum absolute atomic E-state index is 10.3. The predicted molar refractivity (Wildman–Crippen MR) is 127 cm³/mol. The molecule has 3 saturated heterocycles. The Bertz CT molecular complexity index is 944. The van der Waals surface area contributed by atoms with Crippen LogP contribution in [0.5, 0.6) is 5.75 Å². The molecule has 0 spiro atoms. The van der Waals surface area contributed by atoms with Crippen LogP contribution in [-0.4, -0.2) is 58.6 Å². The van der Waals surface area contributed by atoms with Crippen LogP contribution in [0.3, 0.4) is 0 Å². The largest absolute Gasteiger partial charge is 0.507 e. The van der Waals surface area contributed by atoms with E-state index in [0.29, 0.717) is 11.1 Å². The molecule has 0 amide bonds. The molecule has 3 aliphatic heterocycles. The molecule has 5 rings (SSSR count). The second kappa shape index (κ2) is 8.85. The van der Waals surface area contributed by atoms with E-state index in [0.717, 1.165) is 43.2 Å². The number of hydrogen-bond donors (Lipinski definition) is 1. The molecule has 2 atom stereocenters. The minimum atomic E-state index is 0.234. The van der Waals surface area contributed by atoms with Gasteiger partial charge in [0, 0.05) is 55.0 Å². The van der Waals surface area contributed by atoms with Gasteiger partial charge in [0.05, 0.1) is 6.04 Å². The zero-order chi connectivity index (χ0) is 21.4. The zero-order valence-electron chi connectivity index (χ0n) is 18.1. The summed E-state index contributed by atoms with van der Waals surface area (Å²) in [7, 11) is 0. The molecule has 0 bridgehead atoms. The third-order valence-electron chi connectivity index (χ3n) is 7.31.